The van der Waals surface area contributed by atoms with Crippen LogP contribution in [-0.2, 0) is 0 Å². The molecule has 0 atom stereocenters. The van der Waals surface area contributed by atoms with Gasteiger partial charge in [-0.15, -0.1) is 0 Å². The van der Waals surface area contributed by atoms with Gasteiger partial charge in [0, 0.05) is 24.8 Å². The molecule has 0 bridgehead atoms. The Hall–Kier alpha value is -1.13. The van der Waals surface area contributed by atoms with Gasteiger partial charge in [-0.3, -0.25) is 4.79 Å². The number of aryl methyl sites for hydroxylation is 1. The van der Waals surface area contributed by atoms with Crippen LogP contribution in [0.15, 0.2) is 12.1 Å². The summed E-state index contributed by atoms with van der Waals surface area (Å²) in [4.78, 5) is 20.0. The van der Waals surface area contributed by atoms with Crippen LogP contribution in [0, 0.1) is 6.92 Å². The summed E-state index contributed by atoms with van der Waals surface area (Å²) in [5, 5.41) is 0.361. The van der Waals surface area contributed by atoms with Crippen LogP contribution < -0.4 is 0 Å². The van der Waals surface area contributed by atoms with Crippen molar-refractivity contribution in [2.75, 3.05) is 34.2 Å². The van der Waals surface area contributed by atoms with E-state index in [0.717, 1.165) is 25.2 Å². The van der Waals surface area contributed by atoms with Crippen LogP contribution in [0.3, 0.4) is 0 Å². The van der Waals surface area contributed by atoms with Crippen molar-refractivity contribution < 1.29 is 4.79 Å². The highest BCUT2D eigenvalue weighted by molar-refractivity contribution is 6.29. The maximum absolute atomic E-state index is 12.2. The van der Waals surface area contributed by atoms with Crippen LogP contribution in [0.4, 0.5) is 0 Å². The Morgan fingerprint density at radius 2 is 1.94 bits per heavy atom. The predicted molar refractivity (Wildman–Crippen MR) is 74.1 cm³/mol. The summed E-state index contributed by atoms with van der Waals surface area (Å²) in [6, 6.07) is 3.37. The van der Waals surface area contributed by atoms with Crippen molar-refractivity contribution in [1.29, 1.82) is 0 Å². The van der Waals surface area contributed by atoms with E-state index in [1.807, 2.05) is 28.1 Å². The van der Waals surface area contributed by atoms with Gasteiger partial charge in [0.2, 0.25) is 0 Å². The topological polar surface area (TPSA) is 36.4 Å². The van der Waals surface area contributed by atoms with Crippen molar-refractivity contribution in [3.63, 3.8) is 0 Å². The van der Waals surface area contributed by atoms with Gasteiger partial charge in [0.15, 0.2) is 0 Å². The van der Waals surface area contributed by atoms with E-state index < -0.39 is 0 Å². The molecule has 0 spiro atoms. The molecule has 1 aromatic heterocycles. The molecule has 0 fully saturated rings. The maximum Gasteiger partial charge on any atom is 0.253 e. The fourth-order valence-electron chi connectivity index (χ4n) is 1.70. The number of aromatic nitrogens is 1. The van der Waals surface area contributed by atoms with Crippen LogP contribution in [0.1, 0.15) is 22.5 Å². The van der Waals surface area contributed by atoms with Crippen LogP contribution in [0.2, 0.25) is 5.15 Å². The molecule has 0 N–H and O–H groups in total. The molecule has 1 heterocycles. The second kappa shape index (κ2) is 6.71. The number of carbonyl (C=O) groups is 1. The molecule has 0 radical (unpaired) electrons. The van der Waals surface area contributed by atoms with Crippen LogP contribution >= 0.6 is 11.6 Å². The molecule has 0 saturated carbocycles. The number of hydrogen-bond donors (Lipinski definition) is 0. The van der Waals surface area contributed by atoms with Gasteiger partial charge in [0.25, 0.3) is 5.91 Å². The summed E-state index contributed by atoms with van der Waals surface area (Å²) < 4.78 is 0. The fraction of sp³-hybridized carbons (Fsp3) is 0.538. The lowest BCUT2D eigenvalue weighted by molar-refractivity contribution is 0.0790. The minimum absolute atomic E-state index is 0.0128. The third-order valence-electron chi connectivity index (χ3n) is 2.61. The summed E-state index contributed by atoms with van der Waals surface area (Å²) in [6.07, 6.45) is 0.951. The lowest BCUT2D eigenvalue weighted by Gasteiger charge is -2.18. The number of amides is 1. The molecular formula is C13H20ClN3O. The number of halogens is 1. The van der Waals surface area contributed by atoms with Crippen LogP contribution in [0.5, 0.6) is 0 Å². The highest BCUT2D eigenvalue weighted by atomic mass is 35.5. The quantitative estimate of drug-likeness (QED) is 0.768. The first-order chi connectivity index (χ1) is 8.40. The van der Waals surface area contributed by atoms with Gasteiger partial charge < -0.3 is 9.80 Å². The normalized spacial score (nSPS) is 10.8. The van der Waals surface area contributed by atoms with E-state index in [1.165, 1.54) is 0 Å². The number of rotatable bonds is 5. The Bertz CT molecular complexity index is 400. The number of hydrogen-bond acceptors (Lipinski definition) is 3. The Morgan fingerprint density at radius 3 is 2.50 bits per heavy atom. The first-order valence-electron chi connectivity index (χ1n) is 5.94. The smallest absolute Gasteiger partial charge is 0.253 e. The minimum Gasteiger partial charge on any atom is -0.342 e. The van der Waals surface area contributed by atoms with Crippen molar-refractivity contribution in [3.05, 3.63) is 28.5 Å². The van der Waals surface area contributed by atoms with Gasteiger partial charge in [-0.25, -0.2) is 4.98 Å². The van der Waals surface area contributed by atoms with Gasteiger partial charge in [-0.2, -0.15) is 0 Å². The highest BCUT2D eigenvalue weighted by Crippen LogP contribution is 2.12. The zero-order valence-corrected chi connectivity index (χ0v) is 12.2. The monoisotopic (exact) mass is 269 g/mol. The summed E-state index contributed by atoms with van der Waals surface area (Å²) in [5.41, 5.74) is 1.35. The van der Waals surface area contributed by atoms with E-state index in [1.54, 1.807) is 17.0 Å². The van der Waals surface area contributed by atoms with Crippen molar-refractivity contribution in [2.24, 2.45) is 0 Å². The Kier molecular flexibility index (Phi) is 5.56. The van der Waals surface area contributed by atoms with E-state index in [0.29, 0.717) is 10.7 Å². The molecule has 0 aliphatic rings. The first-order valence-corrected chi connectivity index (χ1v) is 6.32. The molecule has 0 saturated heterocycles. The molecule has 1 rings (SSSR count). The first kappa shape index (κ1) is 14.9. The molecule has 1 aromatic rings. The van der Waals surface area contributed by atoms with E-state index >= 15 is 0 Å². The summed E-state index contributed by atoms with van der Waals surface area (Å²) >= 11 is 5.86. The second-order valence-corrected chi connectivity index (χ2v) is 5.09. The third-order valence-corrected chi connectivity index (χ3v) is 2.81. The van der Waals surface area contributed by atoms with Gasteiger partial charge in [0.05, 0.1) is 0 Å². The molecule has 0 aliphatic carbocycles. The zero-order valence-electron chi connectivity index (χ0n) is 11.4. The predicted octanol–water partition coefficient (Wildman–Crippen LogP) is 2.07. The summed E-state index contributed by atoms with van der Waals surface area (Å²) in [7, 11) is 5.85. The van der Waals surface area contributed by atoms with Crippen molar-refractivity contribution in [1.82, 2.24) is 14.8 Å². The zero-order chi connectivity index (χ0) is 13.7. The van der Waals surface area contributed by atoms with Gasteiger partial charge >= 0.3 is 0 Å². The average Bonchev–Trinajstić information content (AvgIpc) is 2.26. The number of nitrogens with zero attached hydrogens (tertiary/aromatic N) is 3. The Labute approximate surface area is 114 Å². The highest BCUT2D eigenvalue weighted by Gasteiger charge is 2.12. The van der Waals surface area contributed by atoms with E-state index in [4.69, 9.17) is 11.6 Å². The molecule has 0 aromatic carbocycles. The van der Waals surface area contributed by atoms with Crippen molar-refractivity contribution in [2.45, 2.75) is 13.3 Å². The molecule has 5 heteroatoms. The van der Waals surface area contributed by atoms with Crippen molar-refractivity contribution >= 4 is 17.5 Å². The maximum atomic E-state index is 12.2. The van der Waals surface area contributed by atoms with E-state index in [9.17, 15) is 4.79 Å². The van der Waals surface area contributed by atoms with E-state index in [-0.39, 0.29) is 5.91 Å². The summed E-state index contributed by atoms with van der Waals surface area (Å²) in [6.45, 7) is 3.53. The number of carbonyl (C=O) groups excluding carboxylic acids is 1. The fourth-order valence-corrected chi connectivity index (χ4v) is 1.95. The average molecular weight is 270 g/mol. The molecule has 1 amide bonds. The number of pyridine rings is 1. The third kappa shape index (κ3) is 4.63. The van der Waals surface area contributed by atoms with Gasteiger partial charge in [-0.1, -0.05) is 11.6 Å². The second-order valence-electron chi connectivity index (χ2n) is 4.70. The van der Waals surface area contributed by atoms with E-state index in [2.05, 4.69) is 9.88 Å². The lowest BCUT2D eigenvalue weighted by Crippen LogP contribution is -2.29. The SMILES string of the molecule is Cc1cc(C(=O)N(C)CCCN(C)C)cc(Cl)n1. The van der Waals surface area contributed by atoms with Crippen LogP contribution in [0.25, 0.3) is 0 Å². The molecule has 0 unspecified atom stereocenters. The largest absolute Gasteiger partial charge is 0.342 e. The van der Waals surface area contributed by atoms with Crippen LogP contribution in [-0.4, -0.2) is 54.9 Å². The van der Waals surface area contributed by atoms with Gasteiger partial charge in [-0.05, 0) is 46.1 Å². The standard InChI is InChI=1S/C13H20ClN3O/c1-10-8-11(9-12(14)15-10)13(18)17(4)7-5-6-16(2)3/h8-9H,5-7H2,1-4H3. The summed E-state index contributed by atoms with van der Waals surface area (Å²) in [5.74, 6) is -0.0128. The molecule has 18 heavy (non-hydrogen) atoms. The Morgan fingerprint density at radius 1 is 1.28 bits per heavy atom. The lowest BCUT2D eigenvalue weighted by atomic mass is 10.2. The minimum atomic E-state index is -0.0128. The molecule has 4 nitrogen and oxygen atoms in total. The van der Waals surface area contributed by atoms with Crippen molar-refractivity contribution in [3.8, 4) is 0 Å². The Balaban J connectivity index is 2.62. The molecular weight excluding hydrogens is 250 g/mol. The van der Waals surface area contributed by atoms with Gasteiger partial charge in [0.1, 0.15) is 5.15 Å². The molecule has 100 valence electrons. The molecule has 0 aliphatic heterocycles.